The van der Waals surface area contributed by atoms with Crippen LogP contribution in [0.2, 0.25) is 0 Å². The summed E-state index contributed by atoms with van der Waals surface area (Å²) in [6.07, 6.45) is 4.79. The fourth-order valence-corrected chi connectivity index (χ4v) is 4.59. The van der Waals surface area contributed by atoms with Gasteiger partial charge in [-0.1, -0.05) is 18.2 Å². The third kappa shape index (κ3) is 3.81. The molecule has 1 unspecified atom stereocenters. The van der Waals surface area contributed by atoms with Crippen molar-refractivity contribution in [2.45, 2.75) is 19.3 Å². The van der Waals surface area contributed by atoms with Crippen molar-refractivity contribution in [3.63, 3.8) is 0 Å². The van der Waals surface area contributed by atoms with Gasteiger partial charge in [0, 0.05) is 37.0 Å². The van der Waals surface area contributed by atoms with Crippen LogP contribution in [0, 0.1) is 5.92 Å². The van der Waals surface area contributed by atoms with E-state index in [2.05, 4.69) is 49.8 Å². The van der Waals surface area contributed by atoms with Crippen molar-refractivity contribution in [2.24, 2.45) is 5.92 Å². The van der Waals surface area contributed by atoms with Gasteiger partial charge in [0.1, 0.15) is 18.0 Å². The zero-order valence-electron chi connectivity index (χ0n) is 14.8. The normalized spacial score (nSPS) is 17.6. The fourth-order valence-electron chi connectivity index (χ4n) is 3.59. The molecule has 1 fully saturated rings. The van der Waals surface area contributed by atoms with Crippen LogP contribution in [0.5, 0.6) is 0 Å². The number of aliphatic hydroxyl groups is 1. The van der Waals surface area contributed by atoms with Crippen LogP contribution in [0.15, 0.2) is 42.0 Å². The van der Waals surface area contributed by atoms with Crippen molar-refractivity contribution in [1.82, 2.24) is 9.97 Å². The Morgan fingerprint density at radius 2 is 2.19 bits per heavy atom. The lowest BCUT2D eigenvalue weighted by Crippen LogP contribution is -2.37. The molecule has 1 aliphatic heterocycles. The number of benzene rings is 1. The maximum atomic E-state index is 9.42. The molecule has 0 radical (unpaired) electrons. The third-order valence-electron chi connectivity index (χ3n) is 5.02. The van der Waals surface area contributed by atoms with E-state index in [-0.39, 0.29) is 6.61 Å². The van der Waals surface area contributed by atoms with Gasteiger partial charge in [0.15, 0.2) is 0 Å². The van der Waals surface area contributed by atoms with Gasteiger partial charge in [-0.05, 0) is 47.6 Å². The second kappa shape index (κ2) is 8.01. The van der Waals surface area contributed by atoms with Crippen molar-refractivity contribution in [2.75, 3.05) is 36.5 Å². The standard InChI is InChI=1S/C20H24N4OS/c25-12-15-4-3-9-24(11-15)20-10-19(22-14-23-20)21-8-7-16-13-26-18-6-2-1-5-17(16)18/h1-2,5-6,10,13-15,25H,3-4,7-9,11-12H2,(H,21,22,23). The van der Waals surface area contributed by atoms with Crippen molar-refractivity contribution < 1.29 is 5.11 Å². The molecule has 0 bridgehead atoms. The highest BCUT2D eigenvalue weighted by atomic mass is 32.1. The summed E-state index contributed by atoms with van der Waals surface area (Å²) in [5.74, 6) is 2.16. The quantitative estimate of drug-likeness (QED) is 0.697. The number of hydrogen-bond acceptors (Lipinski definition) is 6. The maximum Gasteiger partial charge on any atom is 0.134 e. The van der Waals surface area contributed by atoms with Gasteiger partial charge in [-0.3, -0.25) is 0 Å². The highest BCUT2D eigenvalue weighted by molar-refractivity contribution is 7.17. The monoisotopic (exact) mass is 368 g/mol. The van der Waals surface area contributed by atoms with Gasteiger partial charge in [0.25, 0.3) is 0 Å². The topological polar surface area (TPSA) is 61.3 Å². The summed E-state index contributed by atoms with van der Waals surface area (Å²) < 4.78 is 1.34. The minimum absolute atomic E-state index is 0.251. The van der Waals surface area contributed by atoms with Gasteiger partial charge in [-0.2, -0.15) is 0 Å². The first kappa shape index (κ1) is 17.2. The highest BCUT2D eigenvalue weighted by Crippen LogP contribution is 2.26. The van der Waals surface area contributed by atoms with E-state index in [1.54, 1.807) is 17.7 Å². The summed E-state index contributed by atoms with van der Waals surface area (Å²) in [5, 5.41) is 16.5. The van der Waals surface area contributed by atoms with Gasteiger partial charge >= 0.3 is 0 Å². The predicted octanol–water partition coefficient (Wildman–Crippen LogP) is 3.55. The number of hydrogen-bond donors (Lipinski definition) is 2. The Kier molecular flexibility index (Phi) is 5.32. The molecule has 1 saturated heterocycles. The van der Waals surface area contributed by atoms with E-state index in [1.807, 2.05) is 6.07 Å². The third-order valence-corrected chi connectivity index (χ3v) is 6.03. The summed E-state index contributed by atoms with van der Waals surface area (Å²) in [7, 11) is 0. The van der Waals surface area contributed by atoms with Crippen molar-refractivity contribution >= 4 is 33.1 Å². The number of nitrogens with one attached hydrogen (secondary N) is 1. The van der Waals surface area contributed by atoms with Crippen LogP contribution in [-0.2, 0) is 6.42 Å². The smallest absolute Gasteiger partial charge is 0.134 e. The highest BCUT2D eigenvalue weighted by Gasteiger charge is 2.20. The number of thiophene rings is 1. The number of anilines is 2. The largest absolute Gasteiger partial charge is 0.396 e. The Labute approximate surface area is 157 Å². The molecular formula is C20H24N4OS. The molecule has 6 heteroatoms. The molecular weight excluding hydrogens is 344 g/mol. The molecule has 1 aromatic carbocycles. The summed E-state index contributed by atoms with van der Waals surface area (Å²) in [6.45, 7) is 2.96. The Morgan fingerprint density at radius 1 is 1.27 bits per heavy atom. The minimum atomic E-state index is 0.251. The molecule has 0 spiro atoms. The van der Waals surface area contributed by atoms with Crippen molar-refractivity contribution in [3.8, 4) is 0 Å². The van der Waals surface area contributed by atoms with E-state index in [9.17, 15) is 5.11 Å². The summed E-state index contributed by atoms with van der Waals surface area (Å²) in [4.78, 5) is 11.0. The van der Waals surface area contributed by atoms with E-state index in [0.29, 0.717) is 5.92 Å². The SMILES string of the molecule is OCC1CCCN(c2cc(NCCc3csc4ccccc34)ncn2)C1. The molecule has 2 aromatic heterocycles. The first-order valence-electron chi connectivity index (χ1n) is 9.20. The van der Waals surface area contributed by atoms with Gasteiger partial charge < -0.3 is 15.3 Å². The Hall–Kier alpha value is -2.18. The molecule has 2 N–H and O–H groups in total. The summed E-state index contributed by atoms with van der Waals surface area (Å²) >= 11 is 1.80. The first-order valence-corrected chi connectivity index (χ1v) is 10.1. The molecule has 136 valence electrons. The van der Waals surface area contributed by atoms with Crippen LogP contribution in [0.1, 0.15) is 18.4 Å². The van der Waals surface area contributed by atoms with Crippen molar-refractivity contribution in [3.05, 3.63) is 47.6 Å². The molecule has 4 rings (SSSR count). The number of rotatable bonds is 6. The van der Waals surface area contributed by atoms with Crippen molar-refractivity contribution in [1.29, 1.82) is 0 Å². The van der Waals surface area contributed by atoms with Crippen LogP contribution in [-0.4, -0.2) is 41.3 Å². The molecule has 1 atom stereocenters. The maximum absolute atomic E-state index is 9.42. The number of fused-ring (bicyclic) bond motifs is 1. The van der Waals surface area contributed by atoms with E-state index in [4.69, 9.17) is 0 Å². The molecule has 3 heterocycles. The van der Waals surface area contributed by atoms with Crippen LogP contribution >= 0.6 is 11.3 Å². The predicted molar refractivity (Wildman–Crippen MR) is 108 cm³/mol. The second-order valence-corrected chi connectivity index (χ2v) is 7.74. The first-order chi connectivity index (χ1) is 12.8. The van der Waals surface area contributed by atoms with Gasteiger partial charge in [-0.25, -0.2) is 9.97 Å². The zero-order valence-corrected chi connectivity index (χ0v) is 15.6. The molecule has 3 aromatic rings. The number of aromatic nitrogens is 2. The zero-order chi connectivity index (χ0) is 17.8. The van der Waals surface area contributed by atoms with Gasteiger partial charge in [0.2, 0.25) is 0 Å². The van der Waals surface area contributed by atoms with Gasteiger partial charge in [-0.15, -0.1) is 11.3 Å². The van der Waals surface area contributed by atoms with E-state index < -0.39 is 0 Å². The summed E-state index contributed by atoms with van der Waals surface area (Å²) in [5.41, 5.74) is 1.38. The molecule has 1 aliphatic rings. The Balaban J connectivity index is 1.38. The lowest BCUT2D eigenvalue weighted by atomic mass is 9.99. The lowest BCUT2D eigenvalue weighted by Gasteiger charge is -2.32. The van der Waals surface area contributed by atoms with E-state index in [0.717, 1.165) is 50.5 Å². The lowest BCUT2D eigenvalue weighted by molar-refractivity contribution is 0.208. The molecule has 26 heavy (non-hydrogen) atoms. The van der Waals surface area contributed by atoms with E-state index in [1.165, 1.54) is 15.6 Å². The Morgan fingerprint density at radius 3 is 3.12 bits per heavy atom. The average Bonchev–Trinajstić information content (AvgIpc) is 3.12. The van der Waals surface area contributed by atoms with Crippen LogP contribution in [0.25, 0.3) is 10.1 Å². The van der Waals surface area contributed by atoms with E-state index >= 15 is 0 Å². The molecule has 0 amide bonds. The van der Waals surface area contributed by atoms with Crippen LogP contribution in [0.3, 0.4) is 0 Å². The molecule has 0 saturated carbocycles. The number of piperidine rings is 1. The molecule has 5 nitrogen and oxygen atoms in total. The Bertz CT molecular complexity index is 866. The van der Waals surface area contributed by atoms with Crippen LogP contribution in [0.4, 0.5) is 11.6 Å². The fraction of sp³-hybridized carbons (Fsp3) is 0.400. The minimum Gasteiger partial charge on any atom is -0.396 e. The van der Waals surface area contributed by atoms with Gasteiger partial charge in [0.05, 0.1) is 0 Å². The number of aliphatic hydroxyl groups excluding tert-OH is 1. The molecule has 0 aliphatic carbocycles. The second-order valence-electron chi connectivity index (χ2n) is 6.83. The number of nitrogens with zero attached hydrogens (tertiary/aromatic N) is 3. The summed E-state index contributed by atoms with van der Waals surface area (Å²) in [6, 6.07) is 10.6. The average molecular weight is 369 g/mol. The van der Waals surface area contributed by atoms with Crippen LogP contribution < -0.4 is 10.2 Å².